The van der Waals surface area contributed by atoms with Gasteiger partial charge in [-0.2, -0.15) is 0 Å². The highest BCUT2D eigenvalue weighted by Crippen LogP contribution is 2.76. The smallest absolute Gasteiger partial charge is 0.138 e. The van der Waals surface area contributed by atoms with E-state index >= 15 is 0 Å². The topological polar surface area (TPSA) is 17.1 Å². The Morgan fingerprint density at radius 2 is 1.45 bits per heavy atom. The van der Waals surface area contributed by atoms with Crippen LogP contribution in [0.4, 0.5) is 0 Å². The molecule has 0 N–H and O–H groups in total. The summed E-state index contributed by atoms with van der Waals surface area (Å²) in [5.41, 5.74) is 5.30. The molecule has 31 heavy (non-hydrogen) atoms. The summed E-state index contributed by atoms with van der Waals surface area (Å²) in [5, 5.41) is 0. The lowest BCUT2D eigenvalue weighted by Crippen LogP contribution is -2.65. The van der Waals surface area contributed by atoms with Crippen LogP contribution >= 0.6 is 0 Å². The largest absolute Gasteiger partial charge is 0.299 e. The van der Waals surface area contributed by atoms with Gasteiger partial charge in [-0.3, -0.25) is 4.79 Å². The van der Waals surface area contributed by atoms with Gasteiger partial charge < -0.3 is 0 Å². The minimum atomic E-state index is -0.129. The van der Waals surface area contributed by atoms with Crippen molar-refractivity contribution in [3.63, 3.8) is 0 Å². The molecule has 0 aromatic rings. The van der Waals surface area contributed by atoms with Crippen LogP contribution in [0.2, 0.25) is 0 Å². The molecule has 4 saturated carbocycles. The molecule has 0 unspecified atom stereocenters. The van der Waals surface area contributed by atoms with Crippen molar-refractivity contribution >= 4 is 5.78 Å². The van der Waals surface area contributed by atoms with Gasteiger partial charge >= 0.3 is 0 Å². The maximum absolute atomic E-state index is 12.9. The van der Waals surface area contributed by atoms with E-state index in [-0.39, 0.29) is 5.41 Å². The van der Waals surface area contributed by atoms with Gasteiger partial charge in [-0.05, 0) is 103 Å². The van der Waals surface area contributed by atoms with E-state index in [1.54, 1.807) is 0 Å². The summed E-state index contributed by atoms with van der Waals surface area (Å²) in [5.74, 6) is 3.39. The first-order valence-electron chi connectivity index (χ1n) is 13.6. The van der Waals surface area contributed by atoms with Crippen LogP contribution < -0.4 is 0 Å². The van der Waals surface area contributed by atoms with Crippen LogP contribution in [0.3, 0.4) is 0 Å². The highest BCUT2D eigenvalue weighted by molar-refractivity contribution is 5.85. The first-order valence-corrected chi connectivity index (χ1v) is 13.6. The number of hydrogen-bond donors (Lipinski definition) is 0. The maximum atomic E-state index is 12.9. The van der Waals surface area contributed by atoms with E-state index in [2.05, 4.69) is 55.4 Å². The molecule has 0 aliphatic heterocycles. The van der Waals surface area contributed by atoms with Crippen molar-refractivity contribution in [3.05, 3.63) is 11.1 Å². The van der Waals surface area contributed by atoms with Crippen molar-refractivity contribution in [3.8, 4) is 0 Å². The van der Waals surface area contributed by atoms with Gasteiger partial charge in [0.05, 0.1) is 0 Å². The zero-order valence-corrected chi connectivity index (χ0v) is 21.8. The zero-order chi connectivity index (χ0) is 22.6. The summed E-state index contributed by atoms with van der Waals surface area (Å²) in [6, 6.07) is 0. The van der Waals surface area contributed by atoms with Crippen LogP contribution in [0.1, 0.15) is 120 Å². The zero-order valence-electron chi connectivity index (χ0n) is 21.8. The second-order valence-corrected chi connectivity index (χ2v) is 14.4. The highest BCUT2D eigenvalue weighted by atomic mass is 16.1. The molecule has 5 aliphatic carbocycles. The Kier molecular flexibility index (Phi) is 4.66. The SMILES string of the molecule is CC(C)C1=C2[C@H]3CC[C@@H]4[C@@]5(C)CCC(=O)C(C)(C)[C@@H]5CC[C@@]4(C)[C@]3(C)CC[C@@]2(C)CC1. The van der Waals surface area contributed by atoms with E-state index in [1.807, 2.05) is 11.1 Å². The van der Waals surface area contributed by atoms with Gasteiger partial charge in [0.15, 0.2) is 0 Å². The molecule has 0 heterocycles. The summed E-state index contributed by atoms with van der Waals surface area (Å²) in [6.07, 6.45) is 12.9. The monoisotopic (exact) mass is 424 g/mol. The molecule has 7 atom stereocenters. The summed E-state index contributed by atoms with van der Waals surface area (Å²) >= 11 is 0. The van der Waals surface area contributed by atoms with Crippen LogP contribution in [0.5, 0.6) is 0 Å². The maximum Gasteiger partial charge on any atom is 0.138 e. The second kappa shape index (κ2) is 6.50. The minimum Gasteiger partial charge on any atom is -0.299 e. The first-order chi connectivity index (χ1) is 14.3. The van der Waals surface area contributed by atoms with E-state index < -0.39 is 0 Å². The molecule has 5 rings (SSSR count). The molecular weight excluding hydrogens is 376 g/mol. The Hall–Kier alpha value is -0.590. The van der Waals surface area contributed by atoms with Crippen molar-refractivity contribution in [1.29, 1.82) is 0 Å². The van der Waals surface area contributed by atoms with Gasteiger partial charge in [-0.1, -0.05) is 66.5 Å². The number of hydrogen-bond acceptors (Lipinski definition) is 1. The normalized spacial score (nSPS) is 51.3. The van der Waals surface area contributed by atoms with E-state index in [4.69, 9.17) is 0 Å². The summed E-state index contributed by atoms with van der Waals surface area (Å²) in [6.45, 7) is 20.1. The molecule has 1 heteroatoms. The second-order valence-electron chi connectivity index (χ2n) is 14.4. The van der Waals surface area contributed by atoms with Gasteiger partial charge in [0.1, 0.15) is 5.78 Å². The number of allylic oxidation sites excluding steroid dienone is 2. The molecule has 4 fully saturated rings. The molecule has 5 aliphatic rings. The lowest BCUT2D eigenvalue weighted by molar-refractivity contribution is -0.210. The van der Waals surface area contributed by atoms with Gasteiger partial charge in [-0.15, -0.1) is 0 Å². The van der Waals surface area contributed by atoms with Gasteiger partial charge in [0.2, 0.25) is 0 Å². The number of carbonyl (C=O) groups excluding carboxylic acids is 1. The molecule has 0 radical (unpaired) electrons. The van der Waals surface area contributed by atoms with Crippen LogP contribution in [0.25, 0.3) is 0 Å². The quantitative estimate of drug-likeness (QED) is 0.386. The van der Waals surface area contributed by atoms with Crippen LogP contribution in [-0.4, -0.2) is 5.78 Å². The molecule has 0 bridgehead atoms. The fourth-order valence-electron chi connectivity index (χ4n) is 10.8. The van der Waals surface area contributed by atoms with Crippen molar-refractivity contribution < 1.29 is 4.79 Å². The Balaban J connectivity index is 1.58. The Morgan fingerprint density at radius 1 is 0.742 bits per heavy atom. The van der Waals surface area contributed by atoms with Crippen molar-refractivity contribution in [1.82, 2.24) is 0 Å². The van der Waals surface area contributed by atoms with E-state index in [9.17, 15) is 4.79 Å². The first kappa shape index (κ1) is 22.2. The molecule has 0 aromatic heterocycles. The standard InChI is InChI=1S/C30H48O/c1-19(2)20-11-14-27(5)17-18-29(7)21(25(20)27)9-10-23-28(6)15-13-24(31)26(3,4)22(28)12-16-30(23,29)8/h19,21-23H,9-18H2,1-8H3/t21-,22+,23-,27-,28+,29-,30-/m1/s1. The summed E-state index contributed by atoms with van der Waals surface area (Å²) < 4.78 is 0. The highest BCUT2D eigenvalue weighted by Gasteiger charge is 2.68. The fraction of sp³-hybridized carbons (Fsp3) is 0.900. The van der Waals surface area contributed by atoms with Crippen molar-refractivity contribution in [2.45, 2.75) is 120 Å². The van der Waals surface area contributed by atoms with Crippen molar-refractivity contribution in [2.75, 3.05) is 0 Å². The lowest BCUT2D eigenvalue weighted by Gasteiger charge is -2.71. The molecule has 0 saturated heterocycles. The third kappa shape index (κ3) is 2.59. The average Bonchev–Trinajstić information content (AvgIpc) is 3.04. The molecule has 0 amide bonds. The molecule has 0 spiro atoms. The number of Topliss-reactive ketones (excluding diaryl/α,β-unsaturated/α-hetero) is 1. The van der Waals surface area contributed by atoms with Crippen molar-refractivity contribution in [2.24, 2.45) is 50.7 Å². The Bertz CT molecular complexity index is 831. The predicted octanol–water partition coefficient (Wildman–Crippen LogP) is 8.38. The van der Waals surface area contributed by atoms with Gasteiger partial charge in [-0.25, -0.2) is 0 Å². The molecular formula is C30H48O. The van der Waals surface area contributed by atoms with Crippen LogP contribution in [0.15, 0.2) is 11.1 Å². The Morgan fingerprint density at radius 3 is 2.13 bits per heavy atom. The summed E-state index contributed by atoms with van der Waals surface area (Å²) in [4.78, 5) is 12.9. The van der Waals surface area contributed by atoms with E-state index in [0.29, 0.717) is 39.3 Å². The number of ketones is 1. The van der Waals surface area contributed by atoms with Gasteiger partial charge in [0, 0.05) is 11.8 Å². The van der Waals surface area contributed by atoms with Crippen LogP contribution in [-0.2, 0) is 4.79 Å². The van der Waals surface area contributed by atoms with E-state index in [1.165, 1.54) is 51.4 Å². The third-order valence-electron chi connectivity index (χ3n) is 12.8. The number of fused-ring (bicyclic) bond motifs is 7. The Labute approximate surface area is 192 Å². The third-order valence-corrected chi connectivity index (χ3v) is 12.8. The van der Waals surface area contributed by atoms with E-state index in [0.717, 1.165) is 24.7 Å². The fourth-order valence-corrected chi connectivity index (χ4v) is 10.8. The van der Waals surface area contributed by atoms with Gasteiger partial charge in [0.25, 0.3) is 0 Å². The molecule has 174 valence electrons. The minimum absolute atomic E-state index is 0.129. The molecule has 0 aromatic carbocycles. The number of rotatable bonds is 1. The lowest BCUT2D eigenvalue weighted by atomic mass is 9.33. The predicted molar refractivity (Wildman–Crippen MR) is 130 cm³/mol. The summed E-state index contributed by atoms with van der Waals surface area (Å²) in [7, 11) is 0. The number of carbonyl (C=O) groups is 1. The van der Waals surface area contributed by atoms with Crippen LogP contribution in [0, 0.1) is 50.7 Å². The molecule has 1 nitrogen and oxygen atoms in total. The average molecular weight is 425 g/mol.